The van der Waals surface area contributed by atoms with Crippen molar-refractivity contribution >= 4 is 17.9 Å². The van der Waals surface area contributed by atoms with Crippen molar-refractivity contribution in [2.75, 3.05) is 13.7 Å². The Morgan fingerprint density at radius 1 is 1.10 bits per heavy atom. The normalized spacial score (nSPS) is 40.7. The Labute approximate surface area is 226 Å². The van der Waals surface area contributed by atoms with Gasteiger partial charge in [-0.05, 0) is 44.4 Å². The van der Waals surface area contributed by atoms with Crippen molar-refractivity contribution in [2.45, 2.75) is 82.6 Å². The minimum Gasteiger partial charge on any atom is -0.455 e. The molecular weight excluding hydrogens is 508 g/mol. The second kappa shape index (κ2) is 9.12. The van der Waals surface area contributed by atoms with Gasteiger partial charge in [-0.25, -0.2) is 9.59 Å². The summed E-state index contributed by atoms with van der Waals surface area (Å²) in [6.07, 6.45) is -5.99. The van der Waals surface area contributed by atoms with Gasteiger partial charge in [0.1, 0.15) is 23.9 Å². The summed E-state index contributed by atoms with van der Waals surface area (Å²) in [5.74, 6) is -2.74. The van der Waals surface area contributed by atoms with Crippen LogP contribution in [-0.4, -0.2) is 82.6 Å². The molecule has 3 aliphatic carbocycles. The molecule has 3 fully saturated rings. The van der Waals surface area contributed by atoms with Crippen LogP contribution in [0.5, 0.6) is 0 Å². The molecule has 1 aromatic rings. The summed E-state index contributed by atoms with van der Waals surface area (Å²) >= 11 is 0. The molecule has 5 rings (SSSR count). The quantitative estimate of drug-likeness (QED) is 0.382. The van der Waals surface area contributed by atoms with E-state index in [0.717, 1.165) is 12.7 Å². The summed E-state index contributed by atoms with van der Waals surface area (Å²) in [7, 11) is 1.14. The van der Waals surface area contributed by atoms with E-state index in [1.807, 2.05) is 0 Å². The van der Waals surface area contributed by atoms with Crippen molar-refractivity contribution in [1.82, 2.24) is 0 Å². The minimum absolute atomic E-state index is 0.0817. The number of esters is 1. The van der Waals surface area contributed by atoms with E-state index in [1.165, 1.54) is 6.92 Å². The molecule has 2 bridgehead atoms. The SMILES string of the molecule is COC(=O)O[C@@]12CO[C@@H]1CC(O)[C@@]1(C)C(=O)[C@H](O)C3=C(C)CC[C@@](O)([C@@H](OC(=O)c4ccccc4)C12)C3(C)C. The number of benzene rings is 1. The molecule has 39 heavy (non-hydrogen) atoms. The summed E-state index contributed by atoms with van der Waals surface area (Å²) in [6, 6.07) is 8.22. The zero-order chi connectivity index (χ0) is 28.5. The fraction of sp³-hybridized carbons (Fsp3) is 0.621. The van der Waals surface area contributed by atoms with E-state index in [9.17, 15) is 29.7 Å². The van der Waals surface area contributed by atoms with E-state index in [-0.39, 0.29) is 25.0 Å². The average Bonchev–Trinajstić information content (AvgIpc) is 2.90. The molecule has 0 aromatic heterocycles. The van der Waals surface area contributed by atoms with Crippen LogP contribution >= 0.6 is 0 Å². The van der Waals surface area contributed by atoms with Gasteiger partial charge in [-0.15, -0.1) is 0 Å². The number of Topliss-reactive ketones (excluding diaryl/α,β-unsaturated/α-hetero) is 1. The third-order valence-corrected chi connectivity index (χ3v) is 9.96. The Kier molecular flexibility index (Phi) is 6.49. The summed E-state index contributed by atoms with van der Waals surface area (Å²) in [5, 5.41) is 35.7. The molecule has 0 amide bonds. The van der Waals surface area contributed by atoms with Crippen LogP contribution in [0.1, 0.15) is 57.3 Å². The zero-order valence-electron chi connectivity index (χ0n) is 22.8. The smallest absolute Gasteiger partial charge is 0.455 e. The standard InChI is InChI=1S/C29H36O10/c1-15-11-12-29(35)23(38-24(33)16-9-7-6-8-10-16)21-27(4,22(32)20(31)19(15)26(29,2)3)17(30)13-18-28(21,14-37-18)39-25(34)36-5/h6-10,17-18,20-21,23,30-31,35H,11-14H2,1-5H3/t17?,18-,20-,21?,23+,27-,28+,29-/m1/s1. The third-order valence-electron chi connectivity index (χ3n) is 9.96. The van der Waals surface area contributed by atoms with E-state index < -0.39 is 70.3 Å². The van der Waals surface area contributed by atoms with Crippen molar-refractivity contribution in [3.8, 4) is 0 Å². The topological polar surface area (TPSA) is 149 Å². The lowest BCUT2D eigenvalue weighted by molar-refractivity contribution is -0.343. The van der Waals surface area contributed by atoms with Crippen LogP contribution in [0.4, 0.5) is 4.79 Å². The van der Waals surface area contributed by atoms with E-state index in [0.29, 0.717) is 12.0 Å². The number of ketones is 1. The van der Waals surface area contributed by atoms with E-state index in [1.54, 1.807) is 51.1 Å². The number of fused-ring (bicyclic) bond motifs is 5. The number of methoxy groups -OCH3 is 1. The van der Waals surface area contributed by atoms with Gasteiger partial charge in [-0.3, -0.25) is 4.79 Å². The molecule has 4 aliphatic rings. The first kappa shape index (κ1) is 27.8. The summed E-state index contributed by atoms with van der Waals surface area (Å²) in [6.45, 7) is 6.50. The van der Waals surface area contributed by atoms with Gasteiger partial charge in [0.25, 0.3) is 0 Å². The van der Waals surface area contributed by atoms with Gasteiger partial charge in [0.2, 0.25) is 0 Å². The monoisotopic (exact) mass is 544 g/mol. The number of ether oxygens (including phenoxy) is 4. The highest BCUT2D eigenvalue weighted by Crippen LogP contribution is 2.63. The lowest BCUT2D eigenvalue weighted by atomic mass is 9.45. The van der Waals surface area contributed by atoms with Crippen LogP contribution in [-0.2, 0) is 23.7 Å². The Hall–Kier alpha value is -2.79. The number of hydrogen-bond acceptors (Lipinski definition) is 10. The summed E-state index contributed by atoms with van der Waals surface area (Å²) < 4.78 is 22.5. The molecule has 2 unspecified atom stereocenters. The first-order valence-electron chi connectivity index (χ1n) is 13.2. The molecule has 0 radical (unpaired) electrons. The number of carbonyl (C=O) groups is 3. The molecule has 212 valence electrons. The van der Waals surface area contributed by atoms with E-state index in [2.05, 4.69) is 0 Å². The van der Waals surface area contributed by atoms with Crippen LogP contribution in [0.3, 0.4) is 0 Å². The van der Waals surface area contributed by atoms with Gasteiger partial charge >= 0.3 is 12.1 Å². The number of aliphatic hydroxyl groups is 3. The van der Waals surface area contributed by atoms with Crippen molar-refractivity contribution in [1.29, 1.82) is 0 Å². The number of rotatable bonds is 3. The summed E-state index contributed by atoms with van der Waals surface area (Å²) in [4.78, 5) is 40.4. The third kappa shape index (κ3) is 3.65. The highest BCUT2D eigenvalue weighted by molar-refractivity contribution is 5.94. The molecule has 3 N–H and O–H groups in total. The maximum absolute atomic E-state index is 14.3. The Bertz CT molecular complexity index is 1220. The maximum atomic E-state index is 14.3. The van der Waals surface area contributed by atoms with Crippen molar-refractivity contribution < 1.29 is 48.7 Å². The molecular formula is C29H36O10. The van der Waals surface area contributed by atoms with Gasteiger partial charge in [-0.2, -0.15) is 0 Å². The molecule has 0 spiro atoms. The van der Waals surface area contributed by atoms with E-state index in [4.69, 9.17) is 18.9 Å². The molecule has 2 saturated carbocycles. The highest BCUT2D eigenvalue weighted by atomic mass is 16.8. The predicted molar refractivity (Wildman–Crippen MR) is 136 cm³/mol. The Morgan fingerprint density at radius 3 is 2.36 bits per heavy atom. The lowest BCUT2D eigenvalue weighted by Crippen LogP contribution is -2.81. The van der Waals surface area contributed by atoms with Gasteiger partial charge in [0.05, 0.1) is 36.7 Å². The van der Waals surface area contributed by atoms with Crippen LogP contribution < -0.4 is 0 Å². The van der Waals surface area contributed by atoms with Crippen molar-refractivity contribution in [3.63, 3.8) is 0 Å². The first-order chi connectivity index (χ1) is 18.3. The second-order valence-electron chi connectivity index (χ2n) is 12.0. The average molecular weight is 545 g/mol. The zero-order valence-corrected chi connectivity index (χ0v) is 22.8. The Morgan fingerprint density at radius 2 is 1.77 bits per heavy atom. The largest absolute Gasteiger partial charge is 0.508 e. The second-order valence-corrected chi connectivity index (χ2v) is 12.0. The molecule has 1 heterocycles. The van der Waals surface area contributed by atoms with Crippen LogP contribution in [0.15, 0.2) is 41.5 Å². The molecule has 1 aliphatic heterocycles. The number of aliphatic hydroxyl groups excluding tert-OH is 2. The van der Waals surface area contributed by atoms with Gasteiger partial charge < -0.3 is 34.3 Å². The molecule has 1 saturated heterocycles. The van der Waals surface area contributed by atoms with Gasteiger partial charge in [-0.1, -0.05) is 37.6 Å². The molecule has 1 aromatic carbocycles. The number of hydrogen-bond donors (Lipinski definition) is 3. The number of carbonyl (C=O) groups excluding carboxylic acids is 3. The van der Waals surface area contributed by atoms with E-state index >= 15 is 0 Å². The first-order valence-corrected chi connectivity index (χ1v) is 13.2. The van der Waals surface area contributed by atoms with Crippen molar-refractivity contribution in [2.24, 2.45) is 16.7 Å². The molecule has 8 atom stereocenters. The van der Waals surface area contributed by atoms with Gasteiger partial charge in [0.15, 0.2) is 11.4 Å². The Balaban J connectivity index is 1.79. The highest BCUT2D eigenvalue weighted by Gasteiger charge is 2.77. The molecule has 10 nitrogen and oxygen atoms in total. The van der Waals surface area contributed by atoms with Crippen LogP contribution in [0.25, 0.3) is 0 Å². The molecule has 10 heteroatoms. The lowest BCUT2D eigenvalue weighted by Gasteiger charge is -2.67. The number of allylic oxidation sites excluding steroid dienone is 1. The van der Waals surface area contributed by atoms with Crippen LogP contribution in [0, 0.1) is 16.7 Å². The maximum Gasteiger partial charge on any atom is 0.508 e. The fourth-order valence-corrected chi connectivity index (χ4v) is 7.62. The summed E-state index contributed by atoms with van der Waals surface area (Å²) in [5.41, 5.74) is -5.16. The van der Waals surface area contributed by atoms with Gasteiger partial charge in [0, 0.05) is 11.8 Å². The van der Waals surface area contributed by atoms with Crippen LogP contribution in [0.2, 0.25) is 0 Å². The predicted octanol–water partition coefficient (Wildman–Crippen LogP) is 2.33. The minimum atomic E-state index is -1.83. The fourth-order valence-electron chi connectivity index (χ4n) is 7.62. The van der Waals surface area contributed by atoms with Crippen molar-refractivity contribution in [3.05, 3.63) is 47.0 Å².